The fraction of sp³-hybridized carbons (Fsp3) is 0.632. The first-order valence-electron chi connectivity index (χ1n) is 8.80. The van der Waals surface area contributed by atoms with E-state index in [2.05, 4.69) is 22.8 Å². The van der Waals surface area contributed by atoms with Crippen molar-refractivity contribution in [3.05, 3.63) is 29.8 Å². The highest BCUT2D eigenvalue weighted by molar-refractivity contribution is 5.83. The molecule has 1 aromatic rings. The lowest BCUT2D eigenvalue weighted by Crippen LogP contribution is -2.49. The van der Waals surface area contributed by atoms with Gasteiger partial charge in [-0.25, -0.2) is 0 Å². The molecule has 1 amide bonds. The maximum atomic E-state index is 12.4. The van der Waals surface area contributed by atoms with Gasteiger partial charge in [0.25, 0.3) is 0 Å². The van der Waals surface area contributed by atoms with E-state index in [1.54, 1.807) is 0 Å². The van der Waals surface area contributed by atoms with Gasteiger partial charge in [-0.05, 0) is 69.2 Å². The lowest BCUT2D eigenvalue weighted by molar-refractivity contribution is -0.125. The lowest BCUT2D eigenvalue weighted by atomic mass is 10.1. The Labute approximate surface area is 138 Å². The van der Waals surface area contributed by atoms with E-state index in [0.29, 0.717) is 24.4 Å². The first-order valence-corrected chi connectivity index (χ1v) is 8.80. The van der Waals surface area contributed by atoms with Gasteiger partial charge in [0.1, 0.15) is 12.4 Å². The number of fused-ring (bicyclic) bond motifs is 1. The number of nitrogens with one attached hydrogen (secondary N) is 2. The van der Waals surface area contributed by atoms with Gasteiger partial charge in [-0.2, -0.15) is 0 Å². The van der Waals surface area contributed by atoms with Crippen molar-refractivity contribution in [3.8, 4) is 5.75 Å². The minimum Gasteiger partial charge on any atom is -0.491 e. The van der Waals surface area contributed by atoms with Gasteiger partial charge in [0, 0.05) is 5.92 Å². The molecule has 3 fully saturated rings. The number of carbonyl (C=O) groups is 1. The molecule has 2 atom stereocenters. The Kier molecular flexibility index (Phi) is 3.60. The Morgan fingerprint density at radius 3 is 2.65 bits per heavy atom. The van der Waals surface area contributed by atoms with E-state index in [9.17, 15) is 4.79 Å². The highest BCUT2D eigenvalue weighted by Crippen LogP contribution is 2.49. The maximum absolute atomic E-state index is 12.4. The average molecular weight is 314 g/mol. The van der Waals surface area contributed by atoms with E-state index in [1.807, 2.05) is 26.0 Å². The monoisotopic (exact) mass is 314 g/mol. The van der Waals surface area contributed by atoms with E-state index < -0.39 is 0 Å². The number of hydrogen-bond donors (Lipinski definition) is 2. The van der Waals surface area contributed by atoms with Crippen molar-refractivity contribution in [2.75, 3.05) is 19.7 Å². The summed E-state index contributed by atoms with van der Waals surface area (Å²) in [6, 6.07) is 8.30. The van der Waals surface area contributed by atoms with Gasteiger partial charge in [-0.15, -0.1) is 0 Å². The van der Waals surface area contributed by atoms with E-state index in [4.69, 9.17) is 4.74 Å². The number of benzene rings is 1. The van der Waals surface area contributed by atoms with Crippen LogP contribution in [0.25, 0.3) is 0 Å². The second-order valence-corrected chi connectivity index (χ2v) is 7.99. The minimum absolute atomic E-state index is 0.200. The Morgan fingerprint density at radius 2 is 1.96 bits per heavy atom. The van der Waals surface area contributed by atoms with E-state index >= 15 is 0 Å². The largest absolute Gasteiger partial charge is 0.491 e. The molecule has 23 heavy (non-hydrogen) atoms. The molecule has 2 saturated carbocycles. The predicted molar refractivity (Wildman–Crippen MR) is 89.5 cm³/mol. The molecular formula is C19H26N2O2. The molecular weight excluding hydrogens is 288 g/mol. The van der Waals surface area contributed by atoms with E-state index in [0.717, 1.165) is 18.8 Å². The number of piperidine rings is 1. The van der Waals surface area contributed by atoms with Crippen LogP contribution >= 0.6 is 0 Å². The minimum atomic E-state index is -0.349. The maximum Gasteiger partial charge on any atom is 0.224 e. The second-order valence-electron chi connectivity index (χ2n) is 7.99. The van der Waals surface area contributed by atoms with Gasteiger partial charge in [-0.1, -0.05) is 18.2 Å². The molecule has 2 aliphatic carbocycles. The van der Waals surface area contributed by atoms with Gasteiger partial charge < -0.3 is 15.4 Å². The highest BCUT2D eigenvalue weighted by Gasteiger charge is 2.57. The third-order valence-electron chi connectivity index (χ3n) is 5.38. The quantitative estimate of drug-likeness (QED) is 0.847. The Bertz CT molecular complexity index is 599. The Hall–Kier alpha value is -1.55. The van der Waals surface area contributed by atoms with Crippen molar-refractivity contribution in [2.45, 2.75) is 38.1 Å². The summed E-state index contributed by atoms with van der Waals surface area (Å²) in [6.07, 6.45) is 2.53. The van der Waals surface area contributed by atoms with Gasteiger partial charge in [0.05, 0.1) is 5.54 Å². The van der Waals surface area contributed by atoms with Crippen LogP contribution in [-0.4, -0.2) is 31.1 Å². The summed E-state index contributed by atoms with van der Waals surface area (Å²) >= 11 is 0. The van der Waals surface area contributed by atoms with Crippen molar-refractivity contribution in [1.29, 1.82) is 0 Å². The average Bonchev–Trinajstić information content (AvgIpc) is 3.43. The Balaban J connectivity index is 1.33. The third-order valence-corrected chi connectivity index (χ3v) is 5.38. The zero-order chi connectivity index (χ0) is 16.0. The fourth-order valence-corrected chi connectivity index (χ4v) is 3.86. The van der Waals surface area contributed by atoms with Gasteiger partial charge in [-0.3, -0.25) is 4.79 Å². The van der Waals surface area contributed by atoms with Crippen molar-refractivity contribution in [3.63, 3.8) is 0 Å². The molecule has 124 valence electrons. The molecule has 4 nitrogen and oxygen atoms in total. The summed E-state index contributed by atoms with van der Waals surface area (Å²) in [5, 5.41) is 6.52. The molecule has 3 aliphatic rings. The standard InChI is InChI=1S/C19H26N2O2/c1-19(2,21-18(22)17-14-9-20-10-15(14)17)11-23-16-6-4-3-5-13(16)12-7-8-12/h3-6,12,14-15,17,20H,7-11H2,1-2H3,(H,21,22). The summed E-state index contributed by atoms with van der Waals surface area (Å²) in [5.41, 5.74) is 0.968. The molecule has 0 spiro atoms. The zero-order valence-electron chi connectivity index (χ0n) is 14.0. The third kappa shape index (κ3) is 3.09. The van der Waals surface area contributed by atoms with E-state index in [1.165, 1.54) is 18.4 Å². The van der Waals surface area contributed by atoms with Crippen LogP contribution in [0.4, 0.5) is 0 Å². The number of carbonyl (C=O) groups excluding carboxylic acids is 1. The van der Waals surface area contributed by atoms with Crippen LogP contribution in [0.15, 0.2) is 24.3 Å². The summed E-state index contributed by atoms with van der Waals surface area (Å²) < 4.78 is 6.07. The molecule has 4 rings (SSSR count). The van der Waals surface area contributed by atoms with Crippen molar-refractivity contribution in [2.24, 2.45) is 17.8 Å². The van der Waals surface area contributed by atoms with Crippen LogP contribution in [0.2, 0.25) is 0 Å². The molecule has 2 N–H and O–H groups in total. The number of para-hydroxylation sites is 1. The first-order chi connectivity index (χ1) is 11.1. The van der Waals surface area contributed by atoms with Crippen LogP contribution in [0, 0.1) is 17.8 Å². The van der Waals surface area contributed by atoms with Gasteiger partial charge in [0.2, 0.25) is 5.91 Å². The SMILES string of the molecule is CC(C)(COc1ccccc1C1CC1)NC(=O)C1C2CNCC21. The summed E-state index contributed by atoms with van der Waals surface area (Å²) in [7, 11) is 0. The molecule has 4 heteroatoms. The van der Waals surface area contributed by atoms with Crippen molar-refractivity contribution < 1.29 is 9.53 Å². The zero-order valence-corrected chi connectivity index (χ0v) is 14.0. The first kappa shape index (κ1) is 15.0. The smallest absolute Gasteiger partial charge is 0.224 e. The topological polar surface area (TPSA) is 50.4 Å². The number of amides is 1. The van der Waals surface area contributed by atoms with Gasteiger partial charge in [0.15, 0.2) is 0 Å². The molecule has 1 saturated heterocycles. The summed E-state index contributed by atoms with van der Waals surface area (Å²) in [4.78, 5) is 12.4. The fourth-order valence-electron chi connectivity index (χ4n) is 3.86. The lowest BCUT2D eigenvalue weighted by Gasteiger charge is -2.27. The number of ether oxygens (including phenoxy) is 1. The van der Waals surface area contributed by atoms with Crippen LogP contribution < -0.4 is 15.4 Å². The molecule has 0 bridgehead atoms. The summed E-state index contributed by atoms with van der Waals surface area (Å²) in [6.45, 7) is 6.58. The Morgan fingerprint density at radius 1 is 1.26 bits per heavy atom. The predicted octanol–water partition coefficient (Wildman–Crippen LogP) is 2.30. The number of hydrogen-bond acceptors (Lipinski definition) is 3. The highest BCUT2D eigenvalue weighted by atomic mass is 16.5. The summed E-state index contributed by atoms with van der Waals surface area (Å²) in [5.74, 6) is 3.18. The van der Waals surface area contributed by atoms with Gasteiger partial charge >= 0.3 is 0 Å². The molecule has 1 aromatic carbocycles. The van der Waals surface area contributed by atoms with E-state index in [-0.39, 0.29) is 17.4 Å². The normalized spacial score (nSPS) is 29.0. The van der Waals surface area contributed by atoms with Crippen molar-refractivity contribution >= 4 is 5.91 Å². The molecule has 2 unspecified atom stereocenters. The number of rotatable bonds is 6. The molecule has 1 aliphatic heterocycles. The molecule has 1 heterocycles. The van der Waals surface area contributed by atoms with Crippen LogP contribution in [-0.2, 0) is 4.79 Å². The molecule has 0 aromatic heterocycles. The van der Waals surface area contributed by atoms with Crippen LogP contribution in [0.3, 0.4) is 0 Å². The van der Waals surface area contributed by atoms with Crippen LogP contribution in [0.5, 0.6) is 5.75 Å². The molecule has 0 radical (unpaired) electrons. The van der Waals surface area contributed by atoms with Crippen LogP contribution in [0.1, 0.15) is 38.2 Å². The van der Waals surface area contributed by atoms with Crippen molar-refractivity contribution in [1.82, 2.24) is 10.6 Å². The second kappa shape index (κ2) is 5.52.